The average Bonchev–Trinajstić information content (AvgIpc) is 2.39. The predicted molar refractivity (Wildman–Crippen MR) is 78.8 cm³/mol. The second-order valence-electron chi connectivity index (χ2n) is 4.49. The van der Waals surface area contributed by atoms with Crippen LogP contribution < -0.4 is 11.1 Å². The van der Waals surface area contributed by atoms with Crippen LogP contribution in [0.4, 0.5) is 11.4 Å². The summed E-state index contributed by atoms with van der Waals surface area (Å²) in [6.45, 7) is 6.73. The molecular weight excluding hydrogens is 258 g/mol. The standard InChI is InChI=1S/C14H21N3O3/c1-4-17(5-2)13(18)9(3)16-12-8-10(15)6-7-11(12)14(19)20/h6-9,16H,4-5,15H2,1-3H3,(H,19,20). The minimum Gasteiger partial charge on any atom is -0.478 e. The highest BCUT2D eigenvalue weighted by Crippen LogP contribution is 2.20. The predicted octanol–water partition coefficient (Wildman–Crippen LogP) is 1.64. The summed E-state index contributed by atoms with van der Waals surface area (Å²) in [4.78, 5) is 25.0. The SMILES string of the molecule is CCN(CC)C(=O)C(C)Nc1cc(N)ccc1C(=O)O. The number of hydrogen-bond acceptors (Lipinski definition) is 4. The Morgan fingerprint density at radius 1 is 1.35 bits per heavy atom. The summed E-state index contributed by atoms with van der Waals surface area (Å²) >= 11 is 0. The molecule has 1 aromatic rings. The topological polar surface area (TPSA) is 95.7 Å². The van der Waals surface area contributed by atoms with Crippen molar-refractivity contribution in [3.8, 4) is 0 Å². The zero-order valence-corrected chi connectivity index (χ0v) is 12.0. The molecule has 0 aromatic heterocycles. The first kappa shape index (κ1) is 15.8. The Labute approximate surface area is 118 Å². The van der Waals surface area contributed by atoms with Crippen molar-refractivity contribution >= 4 is 23.3 Å². The highest BCUT2D eigenvalue weighted by molar-refractivity contribution is 5.96. The van der Waals surface area contributed by atoms with Gasteiger partial charge in [-0.1, -0.05) is 0 Å². The van der Waals surface area contributed by atoms with Crippen molar-refractivity contribution < 1.29 is 14.7 Å². The lowest BCUT2D eigenvalue weighted by atomic mass is 10.1. The molecule has 6 heteroatoms. The Hall–Kier alpha value is -2.24. The van der Waals surface area contributed by atoms with E-state index < -0.39 is 12.0 Å². The molecule has 110 valence electrons. The summed E-state index contributed by atoms with van der Waals surface area (Å²) < 4.78 is 0. The quantitative estimate of drug-likeness (QED) is 0.688. The Morgan fingerprint density at radius 2 is 1.95 bits per heavy atom. The van der Waals surface area contributed by atoms with Gasteiger partial charge >= 0.3 is 5.97 Å². The van der Waals surface area contributed by atoms with Gasteiger partial charge in [-0.05, 0) is 39.0 Å². The molecule has 0 aliphatic rings. The van der Waals surface area contributed by atoms with Crippen molar-refractivity contribution in [2.75, 3.05) is 24.1 Å². The maximum atomic E-state index is 12.2. The molecule has 0 saturated heterocycles. The summed E-state index contributed by atoms with van der Waals surface area (Å²) in [6.07, 6.45) is 0. The van der Waals surface area contributed by atoms with E-state index in [1.807, 2.05) is 13.8 Å². The van der Waals surface area contributed by atoms with E-state index in [-0.39, 0.29) is 11.5 Å². The number of likely N-dealkylation sites (N-methyl/N-ethyl adjacent to an activating group) is 1. The summed E-state index contributed by atoms with van der Waals surface area (Å²) in [7, 11) is 0. The van der Waals surface area contributed by atoms with Gasteiger partial charge in [0, 0.05) is 18.8 Å². The van der Waals surface area contributed by atoms with E-state index in [1.54, 1.807) is 11.8 Å². The molecule has 0 spiro atoms. The fourth-order valence-electron chi connectivity index (χ4n) is 1.97. The summed E-state index contributed by atoms with van der Waals surface area (Å²) in [5.41, 5.74) is 6.56. The smallest absolute Gasteiger partial charge is 0.337 e. The van der Waals surface area contributed by atoms with E-state index in [1.165, 1.54) is 18.2 Å². The first-order valence-electron chi connectivity index (χ1n) is 6.58. The first-order valence-corrected chi connectivity index (χ1v) is 6.58. The lowest BCUT2D eigenvalue weighted by Crippen LogP contribution is -2.41. The van der Waals surface area contributed by atoms with Gasteiger partial charge < -0.3 is 21.1 Å². The Bertz CT molecular complexity index is 498. The first-order chi connectivity index (χ1) is 9.40. The van der Waals surface area contributed by atoms with E-state index in [0.717, 1.165) is 0 Å². The van der Waals surface area contributed by atoms with Gasteiger partial charge in [-0.15, -0.1) is 0 Å². The molecule has 1 rings (SSSR count). The van der Waals surface area contributed by atoms with Crippen LogP contribution in [0, 0.1) is 0 Å². The van der Waals surface area contributed by atoms with Gasteiger partial charge in [0.05, 0.1) is 11.3 Å². The van der Waals surface area contributed by atoms with Gasteiger partial charge in [-0.3, -0.25) is 4.79 Å². The van der Waals surface area contributed by atoms with Gasteiger partial charge in [-0.2, -0.15) is 0 Å². The van der Waals surface area contributed by atoms with Crippen molar-refractivity contribution in [2.24, 2.45) is 0 Å². The van der Waals surface area contributed by atoms with Crippen LogP contribution in [0.3, 0.4) is 0 Å². The van der Waals surface area contributed by atoms with Crippen LogP contribution in [0.15, 0.2) is 18.2 Å². The molecule has 0 heterocycles. The van der Waals surface area contributed by atoms with Crippen molar-refractivity contribution in [1.82, 2.24) is 4.90 Å². The molecule has 0 saturated carbocycles. The van der Waals surface area contributed by atoms with Crippen LogP contribution in [-0.4, -0.2) is 41.0 Å². The van der Waals surface area contributed by atoms with Gasteiger partial charge in [0.2, 0.25) is 5.91 Å². The third kappa shape index (κ3) is 3.63. The van der Waals surface area contributed by atoms with Gasteiger partial charge in [0.1, 0.15) is 6.04 Å². The number of carboxylic acids is 1. The molecule has 6 nitrogen and oxygen atoms in total. The number of amides is 1. The van der Waals surface area contributed by atoms with Crippen molar-refractivity contribution in [2.45, 2.75) is 26.8 Å². The van der Waals surface area contributed by atoms with E-state index in [4.69, 9.17) is 10.8 Å². The molecule has 1 atom stereocenters. The van der Waals surface area contributed by atoms with Gasteiger partial charge in [0.15, 0.2) is 0 Å². The minimum absolute atomic E-state index is 0.0752. The minimum atomic E-state index is -1.06. The largest absolute Gasteiger partial charge is 0.478 e. The molecule has 1 unspecified atom stereocenters. The van der Waals surface area contributed by atoms with E-state index in [0.29, 0.717) is 24.5 Å². The third-order valence-corrected chi connectivity index (χ3v) is 3.09. The second-order valence-corrected chi connectivity index (χ2v) is 4.49. The molecule has 1 aromatic carbocycles. The number of nitrogens with one attached hydrogen (secondary N) is 1. The number of aromatic carboxylic acids is 1. The number of rotatable bonds is 6. The van der Waals surface area contributed by atoms with Crippen LogP contribution in [0.2, 0.25) is 0 Å². The zero-order chi connectivity index (χ0) is 15.3. The Kier molecular flexibility index (Phi) is 5.37. The maximum absolute atomic E-state index is 12.2. The fourth-order valence-corrected chi connectivity index (χ4v) is 1.97. The van der Waals surface area contributed by atoms with Crippen molar-refractivity contribution in [1.29, 1.82) is 0 Å². The van der Waals surface area contributed by atoms with Crippen molar-refractivity contribution in [3.63, 3.8) is 0 Å². The molecule has 1 amide bonds. The van der Waals surface area contributed by atoms with E-state index in [2.05, 4.69) is 5.32 Å². The maximum Gasteiger partial charge on any atom is 0.337 e. The molecular formula is C14H21N3O3. The number of carbonyl (C=O) groups excluding carboxylic acids is 1. The number of benzene rings is 1. The molecule has 0 aliphatic carbocycles. The van der Waals surface area contributed by atoms with Crippen LogP contribution in [0.1, 0.15) is 31.1 Å². The van der Waals surface area contributed by atoms with Crippen LogP contribution >= 0.6 is 0 Å². The number of anilines is 2. The average molecular weight is 279 g/mol. The number of carboxylic acid groups (broad SMARTS) is 1. The second kappa shape index (κ2) is 6.79. The number of carbonyl (C=O) groups is 2. The van der Waals surface area contributed by atoms with Crippen molar-refractivity contribution in [3.05, 3.63) is 23.8 Å². The molecule has 0 fully saturated rings. The lowest BCUT2D eigenvalue weighted by Gasteiger charge is -2.24. The highest BCUT2D eigenvalue weighted by Gasteiger charge is 2.20. The number of nitrogen functional groups attached to an aromatic ring is 1. The zero-order valence-electron chi connectivity index (χ0n) is 12.0. The van der Waals surface area contributed by atoms with Crippen LogP contribution in [-0.2, 0) is 4.79 Å². The van der Waals surface area contributed by atoms with Gasteiger partial charge in [-0.25, -0.2) is 4.79 Å². The molecule has 0 aliphatic heterocycles. The third-order valence-electron chi connectivity index (χ3n) is 3.09. The van der Waals surface area contributed by atoms with Crippen LogP contribution in [0.25, 0.3) is 0 Å². The normalized spacial score (nSPS) is 11.8. The Morgan fingerprint density at radius 3 is 2.45 bits per heavy atom. The summed E-state index contributed by atoms with van der Waals surface area (Å²) in [5.74, 6) is -1.14. The number of nitrogens with two attached hydrogens (primary N) is 1. The molecule has 20 heavy (non-hydrogen) atoms. The van der Waals surface area contributed by atoms with Gasteiger partial charge in [0.25, 0.3) is 0 Å². The monoisotopic (exact) mass is 279 g/mol. The lowest BCUT2D eigenvalue weighted by molar-refractivity contribution is -0.131. The summed E-state index contributed by atoms with van der Waals surface area (Å²) in [5, 5.41) is 12.1. The van der Waals surface area contributed by atoms with E-state index in [9.17, 15) is 9.59 Å². The van der Waals surface area contributed by atoms with Crippen LogP contribution in [0.5, 0.6) is 0 Å². The molecule has 0 radical (unpaired) electrons. The molecule has 0 bridgehead atoms. The number of nitrogens with zero attached hydrogens (tertiary/aromatic N) is 1. The Balaban J connectivity index is 2.95. The number of hydrogen-bond donors (Lipinski definition) is 3. The molecule has 4 N–H and O–H groups in total. The highest BCUT2D eigenvalue weighted by atomic mass is 16.4. The fraction of sp³-hybridized carbons (Fsp3) is 0.429. The van der Waals surface area contributed by atoms with E-state index >= 15 is 0 Å². The summed E-state index contributed by atoms with van der Waals surface area (Å²) in [6, 6.07) is 3.95.